The van der Waals surface area contributed by atoms with Crippen LogP contribution in [0, 0.1) is 5.92 Å². The number of anilines is 1. The smallest absolute Gasteiger partial charge is 0.227 e. The summed E-state index contributed by atoms with van der Waals surface area (Å²) in [5, 5.41) is 2.91. The second-order valence-corrected chi connectivity index (χ2v) is 5.03. The van der Waals surface area contributed by atoms with Gasteiger partial charge in [-0.2, -0.15) is 0 Å². The Kier molecular flexibility index (Phi) is 3.51. The third-order valence-corrected chi connectivity index (χ3v) is 3.65. The molecule has 0 radical (unpaired) electrons. The second-order valence-electron chi connectivity index (χ2n) is 4.15. The van der Waals surface area contributed by atoms with Crippen molar-refractivity contribution < 1.29 is 4.79 Å². The van der Waals surface area contributed by atoms with E-state index in [0.717, 1.165) is 18.5 Å². The zero-order valence-electron chi connectivity index (χ0n) is 9.27. The van der Waals surface area contributed by atoms with Gasteiger partial charge in [-0.15, -0.1) is 11.8 Å². The van der Waals surface area contributed by atoms with E-state index < -0.39 is 0 Å². The Morgan fingerprint density at radius 1 is 1.38 bits per heavy atom. The fourth-order valence-electron chi connectivity index (χ4n) is 1.79. The molecule has 1 fully saturated rings. The summed E-state index contributed by atoms with van der Waals surface area (Å²) in [6.45, 7) is 0. The molecule has 0 bridgehead atoms. The summed E-state index contributed by atoms with van der Waals surface area (Å²) < 4.78 is 0. The van der Waals surface area contributed by atoms with Crippen molar-refractivity contribution in [3.8, 4) is 0 Å². The first-order chi connectivity index (χ1) is 7.69. The number of thioether (sulfide) groups is 1. The molecule has 0 aromatic heterocycles. The highest BCUT2D eigenvalue weighted by Gasteiger charge is 2.31. The van der Waals surface area contributed by atoms with Crippen LogP contribution in [0.4, 0.5) is 5.69 Å². The van der Waals surface area contributed by atoms with Crippen LogP contribution in [0.3, 0.4) is 0 Å². The lowest BCUT2D eigenvalue weighted by Gasteiger charge is -2.31. The molecule has 0 unspecified atom stereocenters. The van der Waals surface area contributed by atoms with Crippen LogP contribution in [0.15, 0.2) is 29.2 Å². The lowest BCUT2D eigenvalue weighted by Crippen LogP contribution is -2.42. The van der Waals surface area contributed by atoms with Crippen molar-refractivity contribution in [1.29, 1.82) is 0 Å². The maximum absolute atomic E-state index is 11.7. The van der Waals surface area contributed by atoms with Crippen LogP contribution in [0.2, 0.25) is 0 Å². The Balaban J connectivity index is 1.90. The summed E-state index contributed by atoms with van der Waals surface area (Å²) in [5.74, 6) is 0.203. The maximum atomic E-state index is 11.7. The molecule has 0 spiro atoms. The average molecular weight is 236 g/mol. The van der Waals surface area contributed by atoms with Gasteiger partial charge in [-0.1, -0.05) is 0 Å². The van der Waals surface area contributed by atoms with E-state index in [1.165, 1.54) is 4.90 Å². The Hall–Kier alpha value is -1.00. The molecule has 1 aromatic rings. The molecule has 2 rings (SSSR count). The van der Waals surface area contributed by atoms with Crippen LogP contribution in [0.5, 0.6) is 0 Å². The van der Waals surface area contributed by atoms with Crippen LogP contribution in [-0.2, 0) is 4.79 Å². The lowest BCUT2D eigenvalue weighted by molar-refractivity contribution is -0.122. The largest absolute Gasteiger partial charge is 0.328 e. The van der Waals surface area contributed by atoms with Crippen molar-refractivity contribution in [1.82, 2.24) is 0 Å². The molecule has 1 aliphatic carbocycles. The van der Waals surface area contributed by atoms with Crippen molar-refractivity contribution in [2.45, 2.75) is 23.8 Å². The number of amides is 1. The zero-order valence-corrected chi connectivity index (χ0v) is 10.1. The van der Waals surface area contributed by atoms with E-state index in [9.17, 15) is 4.79 Å². The molecule has 1 aromatic carbocycles. The minimum absolute atomic E-state index is 0.0959. The summed E-state index contributed by atoms with van der Waals surface area (Å²) in [4.78, 5) is 12.9. The number of hydrogen-bond acceptors (Lipinski definition) is 3. The fraction of sp³-hybridized carbons (Fsp3) is 0.417. The molecule has 0 aliphatic heterocycles. The van der Waals surface area contributed by atoms with Crippen LogP contribution in [-0.4, -0.2) is 18.2 Å². The molecule has 1 amide bonds. The summed E-state index contributed by atoms with van der Waals surface area (Å²) in [5.41, 5.74) is 6.52. The molecule has 1 saturated carbocycles. The number of hydrogen-bond donors (Lipinski definition) is 2. The molecule has 0 saturated heterocycles. The number of nitrogens with one attached hydrogen (secondary N) is 1. The SMILES string of the molecule is CSc1ccc(NC(=O)C2CC(N)C2)cc1. The van der Waals surface area contributed by atoms with Crippen molar-refractivity contribution >= 4 is 23.4 Å². The Bertz CT molecular complexity index is 371. The summed E-state index contributed by atoms with van der Waals surface area (Å²) in [6.07, 6.45) is 3.66. The Morgan fingerprint density at radius 3 is 2.50 bits per heavy atom. The van der Waals surface area contributed by atoms with E-state index in [-0.39, 0.29) is 17.9 Å². The standard InChI is InChI=1S/C12H16N2OS/c1-16-11-4-2-10(3-5-11)14-12(15)8-6-9(13)7-8/h2-5,8-9H,6-7,13H2,1H3,(H,14,15). The molecule has 3 N–H and O–H groups in total. The fourth-order valence-corrected chi connectivity index (χ4v) is 2.20. The number of nitrogens with two attached hydrogens (primary N) is 1. The van der Waals surface area contributed by atoms with Crippen molar-refractivity contribution in [2.75, 3.05) is 11.6 Å². The first-order valence-corrected chi connectivity index (χ1v) is 6.62. The van der Waals surface area contributed by atoms with E-state index in [0.29, 0.717) is 0 Å². The molecule has 0 heterocycles. The second kappa shape index (κ2) is 4.89. The van der Waals surface area contributed by atoms with Gasteiger partial charge in [0, 0.05) is 22.5 Å². The summed E-state index contributed by atoms with van der Waals surface area (Å²) >= 11 is 1.69. The van der Waals surface area contributed by atoms with Crippen molar-refractivity contribution in [3.63, 3.8) is 0 Å². The van der Waals surface area contributed by atoms with E-state index in [1.54, 1.807) is 11.8 Å². The number of rotatable bonds is 3. The normalized spacial score (nSPS) is 23.6. The van der Waals surface area contributed by atoms with Crippen molar-refractivity contribution in [3.05, 3.63) is 24.3 Å². The minimum Gasteiger partial charge on any atom is -0.328 e. The first kappa shape index (κ1) is 11.5. The molecule has 4 heteroatoms. The van der Waals surface area contributed by atoms with Gasteiger partial charge in [0.1, 0.15) is 0 Å². The highest BCUT2D eigenvalue weighted by Crippen LogP contribution is 2.27. The summed E-state index contributed by atoms with van der Waals surface area (Å²) in [7, 11) is 0. The number of carbonyl (C=O) groups is 1. The van der Waals surface area contributed by atoms with Gasteiger partial charge in [0.2, 0.25) is 5.91 Å². The van der Waals surface area contributed by atoms with Gasteiger partial charge in [0.15, 0.2) is 0 Å². The third-order valence-electron chi connectivity index (χ3n) is 2.90. The van der Waals surface area contributed by atoms with Gasteiger partial charge in [-0.25, -0.2) is 0 Å². The number of benzene rings is 1. The monoisotopic (exact) mass is 236 g/mol. The van der Waals surface area contributed by atoms with Crippen LogP contribution < -0.4 is 11.1 Å². The molecule has 1 aliphatic rings. The molecule has 86 valence electrons. The predicted molar refractivity (Wildman–Crippen MR) is 67.6 cm³/mol. The van der Waals surface area contributed by atoms with E-state index in [4.69, 9.17) is 5.73 Å². The van der Waals surface area contributed by atoms with Crippen LogP contribution >= 0.6 is 11.8 Å². The lowest BCUT2D eigenvalue weighted by atomic mass is 9.80. The Labute approximate surface area is 99.8 Å². The molecular formula is C12H16N2OS. The molecule has 16 heavy (non-hydrogen) atoms. The van der Waals surface area contributed by atoms with E-state index >= 15 is 0 Å². The highest BCUT2D eigenvalue weighted by atomic mass is 32.2. The minimum atomic E-state index is 0.0959. The van der Waals surface area contributed by atoms with Gasteiger partial charge >= 0.3 is 0 Å². The topological polar surface area (TPSA) is 55.1 Å². The predicted octanol–water partition coefficient (Wildman–Crippen LogP) is 2.08. The summed E-state index contributed by atoms with van der Waals surface area (Å²) in [6, 6.07) is 8.10. The molecule has 3 nitrogen and oxygen atoms in total. The Morgan fingerprint density at radius 2 is 2.00 bits per heavy atom. The van der Waals surface area contributed by atoms with Crippen molar-refractivity contribution in [2.24, 2.45) is 11.7 Å². The van der Waals surface area contributed by atoms with Gasteiger partial charge in [-0.05, 0) is 43.4 Å². The first-order valence-electron chi connectivity index (χ1n) is 5.39. The maximum Gasteiger partial charge on any atom is 0.227 e. The number of carbonyl (C=O) groups excluding carboxylic acids is 1. The van der Waals surface area contributed by atoms with Gasteiger partial charge in [0.05, 0.1) is 0 Å². The van der Waals surface area contributed by atoms with Gasteiger partial charge in [-0.3, -0.25) is 4.79 Å². The van der Waals surface area contributed by atoms with Gasteiger partial charge < -0.3 is 11.1 Å². The van der Waals surface area contributed by atoms with E-state index in [1.807, 2.05) is 30.5 Å². The third kappa shape index (κ3) is 2.57. The molecular weight excluding hydrogens is 220 g/mol. The quantitative estimate of drug-likeness (QED) is 0.790. The zero-order chi connectivity index (χ0) is 11.5. The van der Waals surface area contributed by atoms with E-state index in [2.05, 4.69) is 5.32 Å². The highest BCUT2D eigenvalue weighted by molar-refractivity contribution is 7.98. The average Bonchev–Trinajstić information content (AvgIpc) is 2.26. The van der Waals surface area contributed by atoms with Crippen LogP contribution in [0.1, 0.15) is 12.8 Å². The van der Waals surface area contributed by atoms with Crippen LogP contribution in [0.25, 0.3) is 0 Å². The van der Waals surface area contributed by atoms with Gasteiger partial charge in [0.25, 0.3) is 0 Å². The molecule has 0 atom stereocenters.